The number of hydrogen-bond donors (Lipinski definition) is 2. The van der Waals surface area contributed by atoms with E-state index in [1.165, 1.54) is 0 Å². The van der Waals surface area contributed by atoms with Gasteiger partial charge in [0.05, 0.1) is 30.5 Å². The first-order valence-electron chi connectivity index (χ1n) is 9.41. The topological polar surface area (TPSA) is 78.8 Å². The number of benzene rings is 1. The summed E-state index contributed by atoms with van der Waals surface area (Å²) < 4.78 is 1.82. The normalized spacial score (nSPS) is 12.6. The van der Waals surface area contributed by atoms with Gasteiger partial charge in [-0.2, -0.15) is 10.2 Å². The third kappa shape index (κ3) is 5.00. The molecule has 0 fully saturated rings. The zero-order chi connectivity index (χ0) is 20.1. The molecule has 2 amide bonds. The van der Waals surface area contributed by atoms with Crippen molar-refractivity contribution in [2.75, 3.05) is 7.05 Å². The van der Waals surface area contributed by atoms with Gasteiger partial charge in [-0.15, -0.1) is 0 Å². The molecule has 1 aromatic carbocycles. The highest BCUT2D eigenvalue weighted by molar-refractivity contribution is 5.74. The molecule has 0 aliphatic heterocycles. The number of amides is 2. The van der Waals surface area contributed by atoms with Gasteiger partial charge in [-0.3, -0.25) is 9.78 Å². The van der Waals surface area contributed by atoms with Gasteiger partial charge in [-0.05, 0) is 17.7 Å². The second kappa shape index (κ2) is 8.29. The zero-order valence-corrected chi connectivity index (χ0v) is 16.9. The summed E-state index contributed by atoms with van der Waals surface area (Å²) in [7, 11) is 1.78. The van der Waals surface area contributed by atoms with Gasteiger partial charge >= 0.3 is 6.03 Å². The highest BCUT2D eigenvalue weighted by Gasteiger charge is 2.21. The van der Waals surface area contributed by atoms with Crippen molar-refractivity contribution in [2.24, 2.45) is 0 Å². The van der Waals surface area contributed by atoms with Crippen LogP contribution in [0.1, 0.15) is 43.8 Å². The maximum absolute atomic E-state index is 12.8. The molecule has 7 nitrogen and oxygen atoms in total. The first kappa shape index (κ1) is 19.7. The first-order valence-corrected chi connectivity index (χ1v) is 9.41. The van der Waals surface area contributed by atoms with E-state index < -0.39 is 0 Å². The van der Waals surface area contributed by atoms with Gasteiger partial charge in [0.1, 0.15) is 0 Å². The van der Waals surface area contributed by atoms with E-state index in [1.807, 2.05) is 53.3 Å². The molecule has 2 N–H and O–H groups in total. The van der Waals surface area contributed by atoms with E-state index in [1.54, 1.807) is 18.1 Å². The number of urea groups is 1. The van der Waals surface area contributed by atoms with Gasteiger partial charge in [0, 0.05) is 24.9 Å². The van der Waals surface area contributed by atoms with E-state index in [0.29, 0.717) is 13.1 Å². The SMILES string of the molecule is CN(Cc1cc(C(C)(C)C)n[nH]1)C(=O)N[C@H](Cn1cccn1)c1ccccc1. The quantitative estimate of drug-likeness (QED) is 0.687. The second-order valence-corrected chi connectivity index (χ2v) is 8.03. The second-order valence-electron chi connectivity index (χ2n) is 8.03. The molecule has 0 bridgehead atoms. The number of nitrogens with zero attached hydrogens (tertiary/aromatic N) is 4. The molecule has 2 heterocycles. The van der Waals surface area contributed by atoms with Crippen LogP contribution in [0.4, 0.5) is 4.79 Å². The molecule has 0 aliphatic rings. The number of aromatic nitrogens is 4. The summed E-state index contributed by atoms with van der Waals surface area (Å²) in [6.07, 6.45) is 3.63. The average Bonchev–Trinajstić information content (AvgIpc) is 3.33. The zero-order valence-electron chi connectivity index (χ0n) is 16.9. The summed E-state index contributed by atoms with van der Waals surface area (Å²) in [6.45, 7) is 7.36. The Kier molecular flexibility index (Phi) is 5.82. The lowest BCUT2D eigenvalue weighted by atomic mass is 9.92. The maximum Gasteiger partial charge on any atom is 0.318 e. The minimum atomic E-state index is -0.178. The molecular weight excluding hydrogens is 352 g/mol. The van der Waals surface area contributed by atoms with E-state index in [9.17, 15) is 4.79 Å². The molecule has 3 rings (SSSR count). The fourth-order valence-corrected chi connectivity index (χ4v) is 2.93. The summed E-state index contributed by atoms with van der Waals surface area (Å²) in [4.78, 5) is 14.5. The number of H-pyrrole nitrogens is 1. The number of carbonyl (C=O) groups is 1. The lowest BCUT2D eigenvalue weighted by Gasteiger charge is -2.24. The Morgan fingerprint density at radius 1 is 1.25 bits per heavy atom. The Hall–Kier alpha value is -3.09. The third-order valence-electron chi connectivity index (χ3n) is 4.58. The van der Waals surface area contributed by atoms with Crippen LogP contribution < -0.4 is 5.32 Å². The number of hydrogen-bond acceptors (Lipinski definition) is 3. The van der Waals surface area contributed by atoms with Crippen molar-refractivity contribution >= 4 is 6.03 Å². The Morgan fingerprint density at radius 3 is 2.61 bits per heavy atom. The summed E-state index contributed by atoms with van der Waals surface area (Å²) in [5.74, 6) is 0. The van der Waals surface area contributed by atoms with E-state index in [2.05, 4.69) is 41.4 Å². The highest BCUT2D eigenvalue weighted by Crippen LogP contribution is 2.21. The molecule has 28 heavy (non-hydrogen) atoms. The number of aromatic amines is 1. The Balaban J connectivity index is 1.68. The van der Waals surface area contributed by atoms with Crippen LogP contribution in [0.25, 0.3) is 0 Å². The summed E-state index contributed by atoms with van der Waals surface area (Å²) in [6, 6.07) is 13.5. The van der Waals surface area contributed by atoms with Crippen LogP contribution in [0.15, 0.2) is 54.9 Å². The monoisotopic (exact) mass is 380 g/mol. The molecule has 0 unspecified atom stereocenters. The Morgan fingerprint density at radius 2 is 2.00 bits per heavy atom. The lowest BCUT2D eigenvalue weighted by molar-refractivity contribution is 0.200. The molecule has 1 atom stereocenters. The van der Waals surface area contributed by atoms with Gasteiger partial charge in [0.2, 0.25) is 0 Å². The van der Waals surface area contributed by atoms with Crippen molar-refractivity contribution < 1.29 is 4.79 Å². The van der Waals surface area contributed by atoms with Crippen molar-refractivity contribution in [1.29, 1.82) is 0 Å². The molecule has 7 heteroatoms. The molecule has 2 aromatic heterocycles. The van der Waals surface area contributed by atoms with Crippen molar-refractivity contribution in [2.45, 2.75) is 45.3 Å². The van der Waals surface area contributed by atoms with Gasteiger partial charge in [-0.25, -0.2) is 4.79 Å². The van der Waals surface area contributed by atoms with Gasteiger partial charge in [-0.1, -0.05) is 51.1 Å². The largest absolute Gasteiger partial charge is 0.329 e. The smallest absolute Gasteiger partial charge is 0.318 e. The van der Waals surface area contributed by atoms with Crippen LogP contribution in [0.5, 0.6) is 0 Å². The number of rotatable bonds is 6. The molecule has 0 spiro atoms. The van der Waals surface area contributed by atoms with Crippen LogP contribution in [0.3, 0.4) is 0 Å². The molecule has 0 saturated heterocycles. The van der Waals surface area contributed by atoms with Crippen molar-refractivity contribution in [3.05, 3.63) is 71.8 Å². The van der Waals surface area contributed by atoms with Crippen molar-refractivity contribution in [1.82, 2.24) is 30.2 Å². The average molecular weight is 380 g/mol. The van der Waals surface area contributed by atoms with Gasteiger partial charge in [0.15, 0.2) is 0 Å². The lowest BCUT2D eigenvalue weighted by Crippen LogP contribution is -2.40. The predicted octanol–water partition coefficient (Wildman–Crippen LogP) is 3.49. The minimum absolute atomic E-state index is 0.0300. The third-order valence-corrected chi connectivity index (χ3v) is 4.58. The Labute approximate surface area is 165 Å². The molecule has 148 valence electrons. The fourth-order valence-electron chi connectivity index (χ4n) is 2.93. The van der Waals surface area contributed by atoms with Crippen LogP contribution in [-0.4, -0.2) is 38.0 Å². The first-order chi connectivity index (χ1) is 13.3. The number of nitrogens with one attached hydrogen (secondary N) is 2. The van der Waals surface area contributed by atoms with E-state index in [0.717, 1.165) is 17.0 Å². The standard InChI is InChI=1S/C21H28N6O/c1-21(2,3)19-13-17(24-25-19)14-26(4)20(28)23-18(15-27-12-8-11-22-27)16-9-6-5-7-10-16/h5-13,18H,14-15H2,1-4H3,(H,23,28)(H,24,25)/t18-/m1/s1. The predicted molar refractivity (Wildman–Crippen MR) is 109 cm³/mol. The van der Waals surface area contributed by atoms with Crippen LogP contribution >= 0.6 is 0 Å². The Bertz CT molecular complexity index is 879. The van der Waals surface area contributed by atoms with E-state index in [4.69, 9.17) is 0 Å². The molecular formula is C21H28N6O. The molecule has 0 saturated carbocycles. The summed E-state index contributed by atoms with van der Waals surface area (Å²) >= 11 is 0. The van der Waals surface area contributed by atoms with Crippen molar-refractivity contribution in [3.63, 3.8) is 0 Å². The fraction of sp³-hybridized carbons (Fsp3) is 0.381. The molecule has 0 aliphatic carbocycles. The van der Waals surface area contributed by atoms with Crippen LogP contribution in [0.2, 0.25) is 0 Å². The molecule has 0 radical (unpaired) electrons. The maximum atomic E-state index is 12.8. The van der Waals surface area contributed by atoms with Crippen molar-refractivity contribution in [3.8, 4) is 0 Å². The van der Waals surface area contributed by atoms with Crippen LogP contribution in [0, 0.1) is 0 Å². The van der Waals surface area contributed by atoms with Gasteiger partial charge < -0.3 is 10.2 Å². The van der Waals surface area contributed by atoms with Crippen LogP contribution in [-0.2, 0) is 18.5 Å². The molecule has 3 aromatic rings. The summed E-state index contributed by atoms with van der Waals surface area (Å²) in [5.41, 5.74) is 2.90. The summed E-state index contributed by atoms with van der Waals surface area (Å²) in [5, 5.41) is 14.8. The number of carbonyl (C=O) groups excluding carboxylic acids is 1. The van der Waals surface area contributed by atoms with E-state index >= 15 is 0 Å². The van der Waals surface area contributed by atoms with E-state index in [-0.39, 0.29) is 17.5 Å². The highest BCUT2D eigenvalue weighted by atomic mass is 16.2. The van der Waals surface area contributed by atoms with Gasteiger partial charge in [0.25, 0.3) is 0 Å². The minimum Gasteiger partial charge on any atom is -0.329 e.